The van der Waals surface area contributed by atoms with Crippen molar-refractivity contribution in [1.29, 1.82) is 0 Å². The lowest BCUT2D eigenvalue weighted by molar-refractivity contribution is -0.674. The maximum Gasteiger partial charge on any atom is 0.338 e. The second-order valence-corrected chi connectivity index (χ2v) is 6.79. The van der Waals surface area contributed by atoms with Crippen LogP contribution >= 0.6 is 11.6 Å². The van der Waals surface area contributed by atoms with Crippen LogP contribution in [0.15, 0.2) is 42.5 Å². The van der Waals surface area contributed by atoms with Crippen molar-refractivity contribution in [3.05, 3.63) is 58.9 Å². The van der Waals surface area contributed by atoms with Crippen LogP contribution in [0.25, 0.3) is 11.0 Å². The van der Waals surface area contributed by atoms with Gasteiger partial charge in [-0.25, -0.2) is 13.9 Å². The molecule has 2 aromatic carbocycles. The minimum Gasteiger partial charge on any atom is -0.462 e. The Labute approximate surface area is 168 Å². The zero-order valence-corrected chi connectivity index (χ0v) is 16.9. The molecule has 0 atom stereocenters. The number of benzene rings is 2. The Balaban J connectivity index is 1.94. The Kier molecular flexibility index (Phi) is 5.99. The molecule has 146 valence electrons. The Morgan fingerprint density at radius 1 is 1.14 bits per heavy atom. The largest absolute Gasteiger partial charge is 0.462 e. The predicted molar refractivity (Wildman–Crippen MR) is 109 cm³/mol. The molecule has 6 nitrogen and oxygen atoms in total. The molecule has 1 amide bonds. The van der Waals surface area contributed by atoms with E-state index in [-0.39, 0.29) is 18.4 Å². The van der Waals surface area contributed by atoms with E-state index in [1.165, 1.54) is 0 Å². The molecule has 0 radical (unpaired) electrons. The summed E-state index contributed by atoms with van der Waals surface area (Å²) in [6.07, 6.45) is 0. The lowest BCUT2D eigenvalue weighted by Crippen LogP contribution is -2.35. The van der Waals surface area contributed by atoms with Crippen molar-refractivity contribution in [3.8, 4) is 0 Å². The minimum absolute atomic E-state index is 0.129. The first kappa shape index (κ1) is 19.9. The third-order valence-electron chi connectivity index (χ3n) is 4.60. The van der Waals surface area contributed by atoms with Gasteiger partial charge in [0.1, 0.15) is 0 Å². The number of carbonyl (C=O) groups is 2. The van der Waals surface area contributed by atoms with E-state index < -0.39 is 0 Å². The summed E-state index contributed by atoms with van der Waals surface area (Å²) in [5.41, 5.74) is 2.93. The molecule has 0 aliphatic rings. The zero-order valence-electron chi connectivity index (χ0n) is 16.2. The molecule has 0 spiro atoms. The van der Waals surface area contributed by atoms with E-state index in [2.05, 4.69) is 9.88 Å². The van der Waals surface area contributed by atoms with Gasteiger partial charge in [-0.3, -0.25) is 4.79 Å². The van der Waals surface area contributed by atoms with Gasteiger partial charge in [0.2, 0.25) is 0 Å². The maximum atomic E-state index is 12.6. The number of anilines is 1. The fraction of sp³-hybridized carbons (Fsp3) is 0.286. The molecule has 1 N–H and O–H groups in total. The van der Waals surface area contributed by atoms with E-state index in [0.717, 1.165) is 23.4 Å². The number of nitrogens with one attached hydrogen (secondary N) is 1. The SMILES string of the molecule is CCOC(=O)c1ccc2c(c1)n(CC(=O)Nc1ccc(Cl)cc1)c(C)[n+]2CC. The number of nitrogens with zero attached hydrogens (tertiary/aromatic N) is 2. The molecule has 0 aliphatic heterocycles. The van der Waals surface area contributed by atoms with Crippen molar-refractivity contribution in [2.45, 2.75) is 33.9 Å². The highest BCUT2D eigenvalue weighted by Crippen LogP contribution is 2.18. The quantitative estimate of drug-likeness (QED) is 0.506. The van der Waals surface area contributed by atoms with E-state index in [1.807, 2.05) is 24.5 Å². The van der Waals surface area contributed by atoms with Crippen LogP contribution in [0.4, 0.5) is 5.69 Å². The standard InChI is InChI=1S/C21H22ClN3O3/c1-4-24-14(3)25(13-20(26)23-17-9-7-16(22)8-10-17)19-12-15(6-11-18(19)24)21(27)28-5-2/h6-12H,4-5,13H2,1-3H3/p+1. The lowest BCUT2D eigenvalue weighted by Gasteiger charge is -2.05. The summed E-state index contributed by atoms with van der Waals surface area (Å²) in [4.78, 5) is 24.7. The molecule has 1 aromatic heterocycles. The van der Waals surface area contributed by atoms with Crippen molar-refractivity contribution < 1.29 is 18.9 Å². The van der Waals surface area contributed by atoms with Crippen LogP contribution in [0.3, 0.4) is 0 Å². The number of aromatic nitrogens is 2. The average molecular weight is 401 g/mol. The fourth-order valence-corrected chi connectivity index (χ4v) is 3.41. The van der Waals surface area contributed by atoms with Crippen LogP contribution in [-0.2, 0) is 22.6 Å². The van der Waals surface area contributed by atoms with Gasteiger partial charge >= 0.3 is 5.97 Å². The highest BCUT2D eigenvalue weighted by atomic mass is 35.5. The molecule has 0 unspecified atom stereocenters. The van der Waals surface area contributed by atoms with Crippen molar-refractivity contribution in [1.82, 2.24) is 4.57 Å². The number of amides is 1. The molecule has 3 aromatic rings. The number of ether oxygens (including phenoxy) is 1. The Morgan fingerprint density at radius 2 is 1.86 bits per heavy atom. The Bertz CT molecular complexity index is 1030. The zero-order chi connectivity index (χ0) is 20.3. The summed E-state index contributed by atoms with van der Waals surface area (Å²) >= 11 is 5.89. The predicted octanol–water partition coefficient (Wildman–Crippen LogP) is 3.73. The van der Waals surface area contributed by atoms with Gasteiger partial charge in [0.15, 0.2) is 17.6 Å². The minimum atomic E-state index is -0.372. The summed E-state index contributed by atoms with van der Waals surface area (Å²) < 4.78 is 9.13. The first-order chi connectivity index (χ1) is 13.4. The van der Waals surface area contributed by atoms with Crippen LogP contribution in [0.1, 0.15) is 30.0 Å². The first-order valence-electron chi connectivity index (χ1n) is 9.19. The van der Waals surface area contributed by atoms with Crippen LogP contribution in [0, 0.1) is 6.92 Å². The van der Waals surface area contributed by atoms with Crippen LogP contribution < -0.4 is 9.88 Å². The summed E-state index contributed by atoms with van der Waals surface area (Å²) in [6.45, 7) is 6.98. The van der Waals surface area contributed by atoms with Crippen LogP contribution in [-0.4, -0.2) is 23.1 Å². The van der Waals surface area contributed by atoms with E-state index in [0.29, 0.717) is 22.9 Å². The van der Waals surface area contributed by atoms with Gasteiger partial charge in [-0.1, -0.05) is 11.6 Å². The van der Waals surface area contributed by atoms with Gasteiger partial charge in [0.25, 0.3) is 11.7 Å². The number of esters is 1. The number of imidazole rings is 1. The maximum absolute atomic E-state index is 12.6. The average Bonchev–Trinajstić information content (AvgIpc) is 2.94. The summed E-state index contributed by atoms with van der Waals surface area (Å²) in [5, 5.41) is 3.49. The van der Waals surface area contributed by atoms with Gasteiger partial charge in [-0.05, 0) is 50.2 Å². The van der Waals surface area contributed by atoms with Gasteiger partial charge in [-0.2, -0.15) is 0 Å². The summed E-state index contributed by atoms with van der Waals surface area (Å²) in [7, 11) is 0. The number of rotatable bonds is 6. The van der Waals surface area contributed by atoms with Gasteiger partial charge in [0, 0.05) is 23.7 Å². The van der Waals surface area contributed by atoms with Crippen molar-refractivity contribution >= 4 is 40.2 Å². The van der Waals surface area contributed by atoms with Crippen LogP contribution in [0.2, 0.25) is 5.02 Å². The smallest absolute Gasteiger partial charge is 0.338 e. The number of hydrogen-bond donors (Lipinski definition) is 1. The third-order valence-corrected chi connectivity index (χ3v) is 4.85. The molecule has 0 saturated heterocycles. The summed E-state index contributed by atoms with van der Waals surface area (Å²) in [5.74, 6) is 0.403. The number of fused-ring (bicyclic) bond motifs is 1. The van der Waals surface area contributed by atoms with E-state index >= 15 is 0 Å². The number of aryl methyl sites for hydroxylation is 1. The van der Waals surface area contributed by atoms with Gasteiger partial charge in [-0.15, -0.1) is 0 Å². The monoisotopic (exact) mass is 400 g/mol. The second-order valence-electron chi connectivity index (χ2n) is 6.36. The first-order valence-corrected chi connectivity index (χ1v) is 9.57. The molecule has 3 rings (SSSR count). The molecular formula is C21H23ClN3O3+. The molecule has 0 saturated carbocycles. The van der Waals surface area contributed by atoms with E-state index in [9.17, 15) is 9.59 Å². The molecule has 0 aliphatic carbocycles. The molecular weight excluding hydrogens is 378 g/mol. The molecule has 28 heavy (non-hydrogen) atoms. The van der Waals surface area contributed by atoms with Crippen LogP contribution in [0.5, 0.6) is 0 Å². The Morgan fingerprint density at radius 3 is 2.50 bits per heavy atom. The highest BCUT2D eigenvalue weighted by molar-refractivity contribution is 6.30. The summed E-state index contributed by atoms with van der Waals surface area (Å²) in [6, 6.07) is 12.4. The van der Waals surface area contributed by atoms with Gasteiger partial charge < -0.3 is 10.1 Å². The Hall–Kier alpha value is -2.86. The fourth-order valence-electron chi connectivity index (χ4n) is 3.28. The lowest BCUT2D eigenvalue weighted by atomic mass is 10.2. The van der Waals surface area contributed by atoms with E-state index in [4.69, 9.17) is 16.3 Å². The molecule has 0 bridgehead atoms. The number of carbonyl (C=O) groups excluding carboxylic acids is 2. The highest BCUT2D eigenvalue weighted by Gasteiger charge is 2.24. The van der Waals surface area contributed by atoms with Crippen molar-refractivity contribution in [3.63, 3.8) is 0 Å². The normalized spacial score (nSPS) is 10.9. The van der Waals surface area contributed by atoms with E-state index in [1.54, 1.807) is 43.3 Å². The molecule has 7 heteroatoms. The third kappa shape index (κ3) is 4.02. The van der Waals surface area contributed by atoms with Crippen molar-refractivity contribution in [2.24, 2.45) is 0 Å². The second kappa shape index (κ2) is 8.44. The molecule has 0 fully saturated rings. The topological polar surface area (TPSA) is 64.2 Å². The number of hydrogen-bond acceptors (Lipinski definition) is 3. The number of halogens is 1. The van der Waals surface area contributed by atoms with Crippen molar-refractivity contribution in [2.75, 3.05) is 11.9 Å². The van der Waals surface area contributed by atoms with Gasteiger partial charge in [0.05, 0.1) is 18.7 Å². The molecule has 1 heterocycles.